The Morgan fingerprint density at radius 2 is 2.04 bits per heavy atom. The van der Waals surface area contributed by atoms with Crippen molar-refractivity contribution in [2.24, 2.45) is 0 Å². The molecule has 5 rings (SSSR count). The Morgan fingerprint density at radius 3 is 2.79 bits per heavy atom. The van der Waals surface area contributed by atoms with Crippen LogP contribution in [0.3, 0.4) is 0 Å². The van der Waals surface area contributed by atoms with Crippen molar-refractivity contribution in [3.8, 4) is 5.88 Å². The molecule has 0 aliphatic carbocycles. The lowest BCUT2D eigenvalue weighted by Crippen LogP contribution is -1.97. The number of hydrogen-bond acceptors (Lipinski definition) is 6. The number of nitrogens with zero attached hydrogens (tertiary/aromatic N) is 4. The lowest BCUT2D eigenvalue weighted by atomic mass is 10.1. The summed E-state index contributed by atoms with van der Waals surface area (Å²) in [5, 5.41) is 1.06. The van der Waals surface area contributed by atoms with Crippen LogP contribution in [0.2, 0.25) is 0 Å². The molecule has 7 heteroatoms. The number of pyridine rings is 4. The van der Waals surface area contributed by atoms with Crippen LogP contribution in [0.5, 0.6) is 5.88 Å². The summed E-state index contributed by atoms with van der Waals surface area (Å²) in [5.41, 5.74) is 3.27. The highest BCUT2D eigenvalue weighted by molar-refractivity contribution is 5.79. The minimum Gasteiger partial charge on any atom is -0.481 e. The first-order chi connectivity index (χ1) is 13.7. The number of rotatable bonds is 3. The Bertz CT molecular complexity index is 1160. The molecule has 1 fully saturated rings. The second-order valence-electron chi connectivity index (χ2n) is 6.05. The predicted molar refractivity (Wildman–Crippen MR) is 104 cm³/mol. The molecule has 4 aromatic heterocycles. The van der Waals surface area contributed by atoms with Crippen molar-refractivity contribution in [3.63, 3.8) is 0 Å². The van der Waals surface area contributed by atoms with Crippen LogP contribution in [0.4, 0.5) is 4.39 Å². The molecule has 1 atom stereocenters. The number of halogens is 1. The van der Waals surface area contributed by atoms with Crippen molar-refractivity contribution in [1.82, 2.24) is 19.9 Å². The highest BCUT2D eigenvalue weighted by atomic mass is 19.1. The molecular weight excluding hydrogens is 359 g/mol. The van der Waals surface area contributed by atoms with E-state index in [1.54, 1.807) is 24.4 Å². The van der Waals surface area contributed by atoms with Crippen molar-refractivity contribution in [1.29, 1.82) is 0 Å². The van der Waals surface area contributed by atoms with Gasteiger partial charge in [0, 0.05) is 23.2 Å². The molecule has 0 N–H and O–H groups in total. The standard InChI is InChI=1S/C11H9FN2O2.C10H8N2/c1-15-9-3-2-7-11(14-9)10(8-5-16-8)6(12)4-13-7;1-2-9-6-5-8-4-3-7-11-10(8)12-9/h2-4,8H,5H2,1H3;2-7H,1H2. The van der Waals surface area contributed by atoms with Gasteiger partial charge in [-0.15, -0.1) is 0 Å². The Kier molecular flexibility index (Phi) is 4.90. The Labute approximate surface area is 160 Å². The minimum atomic E-state index is -0.379. The van der Waals surface area contributed by atoms with Gasteiger partial charge in [-0.1, -0.05) is 6.58 Å². The first-order valence-corrected chi connectivity index (χ1v) is 8.64. The van der Waals surface area contributed by atoms with Crippen LogP contribution < -0.4 is 4.74 Å². The van der Waals surface area contributed by atoms with E-state index in [0.717, 1.165) is 16.7 Å². The van der Waals surface area contributed by atoms with Gasteiger partial charge in [0.25, 0.3) is 0 Å². The molecule has 0 saturated carbocycles. The maximum absolute atomic E-state index is 13.6. The molecule has 6 nitrogen and oxygen atoms in total. The van der Waals surface area contributed by atoms with Crippen molar-refractivity contribution in [2.45, 2.75) is 6.10 Å². The number of aromatic nitrogens is 4. The zero-order chi connectivity index (χ0) is 19.5. The Morgan fingerprint density at radius 1 is 1.18 bits per heavy atom. The molecule has 28 heavy (non-hydrogen) atoms. The molecule has 0 radical (unpaired) electrons. The van der Waals surface area contributed by atoms with Crippen molar-refractivity contribution >= 4 is 28.1 Å². The second kappa shape index (κ2) is 7.66. The largest absolute Gasteiger partial charge is 0.481 e. The van der Waals surface area contributed by atoms with E-state index < -0.39 is 0 Å². The van der Waals surface area contributed by atoms with E-state index in [0.29, 0.717) is 29.1 Å². The molecule has 0 aromatic carbocycles. The van der Waals surface area contributed by atoms with Crippen LogP contribution in [-0.4, -0.2) is 33.7 Å². The average molecular weight is 376 g/mol. The molecule has 140 valence electrons. The number of epoxide rings is 1. The maximum atomic E-state index is 13.6. The van der Waals surface area contributed by atoms with Gasteiger partial charge in [-0.05, 0) is 36.4 Å². The van der Waals surface area contributed by atoms with Crippen LogP contribution >= 0.6 is 0 Å². The molecule has 1 aliphatic heterocycles. The van der Waals surface area contributed by atoms with E-state index in [-0.39, 0.29) is 11.9 Å². The molecule has 1 unspecified atom stereocenters. The van der Waals surface area contributed by atoms with Gasteiger partial charge in [0.1, 0.15) is 17.4 Å². The van der Waals surface area contributed by atoms with Crippen LogP contribution in [0.1, 0.15) is 17.4 Å². The van der Waals surface area contributed by atoms with Gasteiger partial charge in [-0.3, -0.25) is 4.98 Å². The Hall–Kier alpha value is -3.45. The van der Waals surface area contributed by atoms with Gasteiger partial charge in [0.2, 0.25) is 5.88 Å². The highest BCUT2D eigenvalue weighted by Gasteiger charge is 2.31. The quantitative estimate of drug-likeness (QED) is 0.501. The number of fused-ring (bicyclic) bond motifs is 2. The van der Waals surface area contributed by atoms with Crippen LogP contribution in [-0.2, 0) is 4.74 Å². The van der Waals surface area contributed by atoms with Gasteiger partial charge < -0.3 is 9.47 Å². The van der Waals surface area contributed by atoms with Gasteiger partial charge in [0.05, 0.1) is 31.1 Å². The van der Waals surface area contributed by atoms with E-state index >= 15 is 0 Å². The fourth-order valence-corrected chi connectivity index (χ4v) is 2.76. The van der Waals surface area contributed by atoms with Gasteiger partial charge in [-0.25, -0.2) is 19.3 Å². The van der Waals surface area contributed by atoms with E-state index in [9.17, 15) is 4.39 Å². The third-order valence-corrected chi connectivity index (χ3v) is 4.24. The summed E-state index contributed by atoms with van der Waals surface area (Å²) in [6.07, 6.45) is 4.47. The van der Waals surface area contributed by atoms with Gasteiger partial charge in [0.15, 0.2) is 5.65 Å². The number of methoxy groups -OCH3 is 1. The lowest BCUT2D eigenvalue weighted by Gasteiger charge is -2.05. The summed E-state index contributed by atoms with van der Waals surface area (Å²) in [4.78, 5) is 16.6. The summed E-state index contributed by atoms with van der Waals surface area (Å²) in [6.45, 7) is 4.18. The topological polar surface area (TPSA) is 73.3 Å². The van der Waals surface area contributed by atoms with E-state index in [1.165, 1.54) is 13.3 Å². The monoisotopic (exact) mass is 376 g/mol. The van der Waals surface area contributed by atoms with Crippen molar-refractivity contribution in [3.05, 3.63) is 72.4 Å². The smallest absolute Gasteiger partial charge is 0.213 e. The third kappa shape index (κ3) is 3.65. The molecular formula is C21H17FN4O2. The molecule has 5 heterocycles. The molecule has 0 amide bonds. The molecule has 4 aromatic rings. The zero-order valence-electron chi connectivity index (χ0n) is 15.2. The van der Waals surface area contributed by atoms with Gasteiger partial charge in [-0.2, -0.15) is 0 Å². The lowest BCUT2D eigenvalue weighted by molar-refractivity contribution is 0.397. The fourth-order valence-electron chi connectivity index (χ4n) is 2.76. The maximum Gasteiger partial charge on any atom is 0.213 e. The van der Waals surface area contributed by atoms with E-state index in [2.05, 4.69) is 26.5 Å². The Balaban J connectivity index is 0.000000143. The summed E-state index contributed by atoms with van der Waals surface area (Å²) >= 11 is 0. The first kappa shape index (κ1) is 17.9. The van der Waals surface area contributed by atoms with Crippen molar-refractivity contribution in [2.75, 3.05) is 13.7 Å². The average Bonchev–Trinajstić information content (AvgIpc) is 3.58. The summed E-state index contributed by atoms with van der Waals surface area (Å²) in [7, 11) is 1.52. The summed E-state index contributed by atoms with van der Waals surface area (Å²) in [5.74, 6) is 0.0672. The fraction of sp³-hybridized carbons (Fsp3) is 0.143. The molecule has 0 spiro atoms. The highest BCUT2D eigenvalue weighted by Crippen LogP contribution is 2.35. The first-order valence-electron chi connectivity index (χ1n) is 8.64. The SMILES string of the molecule is C=Cc1ccc2cccnc2n1.COc1ccc2ncc(F)c(C3CO3)c2n1. The van der Waals surface area contributed by atoms with Crippen LogP contribution in [0, 0.1) is 5.82 Å². The van der Waals surface area contributed by atoms with Gasteiger partial charge >= 0.3 is 0 Å². The molecule has 1 aliphatic rings. The van der Waals surface area contributed by atoms with E-state index in [4.69, 9.17) is 9.47 Å². The predicted octanol–water partition coefficient (Wildman–Crippen LogP) is 4.12. The minimum absolute atomic E-state index is 0.190. The molecule has 1 saturated heterocycles. The zero-order valence-corrected chi connectivity index (χ0v) is 15.2. The van der Waals surface area contributed by atoms with Crippen LogP contribution in [0.25, 0.3) is 28.1 Å². The molecule has 0 bridgehead atoms. The van der Waals surface area contributed by atoms with Crippen molar-refractivity contribution < 1.29 is 13.9 Å². The third-order valence-electron chi connectivity index (χ3n) is 4.24. The van der Waals surface area contributed by atoms with Crippen LogP contribution in [0.15, 0.2) is 55.4 Å². The normalized spacial score (nSPS) is 15.0. The van der Waals surface area contributed by atoms with E-state index in [1.807, 2.05) is 24.3 Å². The number of ether oxygens (including phenoxy) is 2. The number of hydrogen-bond donors (Lipinski definition) is 0. The summed E-state index contributed by atoms with van der Waals surface area (Å²) < 4.78 is 23.7. The summed E-state index contributed by atoms with van der Waals surface area (Å²) in [6, 6.07) is 11.3. The second-order valence-corrected chi connectivity index (χ2v) is 6.05.